The predicted octanol–water partition coefficient (Wildman–Crippen LogP) is 2.59. The maximum Gasteiger partial charge on any atom is 0.155 e. The molecule has 2 aliphatic rings. The Morgan fingerprint density at radius 1 is 1.42 bits per heavy atom. The number of benzene rings is 1. The summed E-state index contributed by atoms with van der Waals surface area (Å²) in [6.45, 7) is 4.64. The van der Waals surface area contributed by atoms with Crippen molar-refractivity contribution in [3.05, 3.63) is 41.7 Å². The van der Waals surface area contributed by atoms with Crippen LogP contribution in [0.3, 0.4) is 0 Å². The van der Waals surface area contributed by atoms with Crippen molar-refractivity contribution in [2.75, 3.05) is 13.2 Å². The fourth-order valence-electron chi connectivity index (χ4n) is 2.76. The summed E-state index contributed by atoms with van der Waals surface area (Å²) in [5.41, 5.74) is 6.87. The Kier molecular flexibility index (Phi) is 5.04. The van der Waals surface area contributed by atoms with Crippen molar-refractivity contribution < 1.29 is 9.13 Å². The van der Waals surface area contributed by atoms with Gasteiger partial charge in [-0.2, -0.15) is 5.10 Å². The van der Waals surface area contributed by atoms with Crippen LogP contribution in [0.5, 0.6) is 5.75 Å². The van der Waals surface area contributed by atoms with Crippen LogP contribution in [0.4, 0.5) is 4.39 Å². The average Bonchev–Trinajstić information content (AvgIpc) is 3.34. The topological polar surface area (TPSA) is 62.9 Å². The van der Waals surface area contributed by atoms with E-state index in [9.17, 15) is 4.39 Å². The summed E-state index contributed by atoms with van der Waals surface area (Å²) in [5, 5.41) is 10.5. The highest BCUT2D eigenvalue weighted by atomic mass is 19.1. The molecule has 1 aromatic rings. The number of hydrazone groups is 1. The van der Waals surface area contributed by atoms with E-state index in [1.54, 1.807) is 0 Å². The summed E-state index contributed by atoms with van der Waals surface area (Å²) in [6.07, 6.45) is 3.34. The van der Waals surface area contributed by atoms with E-state index < -0.39 is 0 Å². The molecule has 130 valence electrons. The summed E-state index contributed by atoms with van der Waals surface area (Å²) in [6, 6.07) is 8.05. The molecule has 1 fully saturated rings. The molecule has 1 aromatic carbocycles. The number of ether oxygens (including phenoxy) is 1. The standard InChI is InChI=1S/C18H25FN4O/c1-12(2)23-18(15-3-4-15)21-17(22-23)14-5-7-16(8-6-14)24-11-13(9-19)10-20/h5-9,12,15,18H,3-4,10-11,20H2,1-2H3,(H,21,22)/b13-9+. The number of amidine groups is 1. The second-order valence-electron chi connectivity index (χ2n) is 6.63. The number of nitrogens with zero attached hydrogens (tertiary/aromatic N) is 2. The zero-order valence-corrected chi connectivity index (χ0v) is 14.2. The van der Waals surface area contributed by atoms with Gasteiger partial charge < -0.3 is 15.8 Å². The smallest absolute Gasteiger partial charge is 0.155 e. The Bertz CT molecular complexity index is 622. The average molecular weight is 332 g/mol. The van der Waals surface area contributed by atoms with Gasteiger partial charge >= 0.3 is 0 Å². The van der Waals surface area contributed by atoms with Gasteiger partial charge in [0.1, 0.15) is 18.5 Å². The third-order valence-electron chi connectivity index (χ3n) is 4.35. The third kappa shape index (κ3) is 3.70. The molecule has 6 heteroatoms. The minimum atomic E-state index is 0.156. The zero-order chi connectivity index (χ0) is 17.1. The molecule has 3 rings (SSSR count). The third-order valence-corrected chi connectivity index (χ3v) is 4.35. The molecule has 1 heterocycles. The highest BCUT2D eigenvalue weighted by Crippen LogP contribution is 2.37. The van der Waals surface area contributed by atoms with Gasteiger partial charge in [0.2, 0.25) is 0 Å². The van der Waals surface area contributed by atoms with Crippen LogP contribution in [0.2, 0.25) is 0 Å². The van der Waals surface area contributed by atoms with Crippen molar-refractivity contribution in [2.45, 2.75) is 38.9 Å². The normalized spacial score (nSPS) is 21.0. The van der Waals surface area contributed by atoms with Crippen LogP contribution < -0.4 is 15.8 Å². The summed E-state index contributed by atoms with van der Waals surface area (Å²) in [5.74, 6) is 2.28. The van der Waals surface area contributed by atoms with E-state index in [-0.39, 0.29) is 13.2 Å². The Morgan fingerprint density at radius 3 is 2.67 bits per heavy atom. The SMILES string of the molecule is CC(C)N1N=C(c2ccc(OC/C(=C/F)CN)cc2)NC1C1CC1. The minimum absolute atomic E-state index is 0.156. The van der Waals surface area contributed by atoms with Gasteiger partial charge in [-0.05, 0) is 56.9 Å². The molecule has 5 nitrogen and oxygen atoms in total. The van der Waals surface area contributed by atoms with Crippen molar-refractivity contribution in [1.29, 1.82) is 0 Å². The van der Waals surface area contributed by atoms with Gasteiger partial charge in [0.05, 0.1) is 6.33 Å². The maximum absolute atomic E-state index is 12.5. The Labute approximate surface area is 142 Å². The lowest BCUT2D eigenvalue weighted by Crippen LogP contribution is -2.42. The van der Waals surface area contributed by atoms with Crippen LogP contribution in [0.15, 0.2) is 41.3 Å². The minimum Gasteiger partial charge on any atom is -0.489 e. The second kappa shape index (κ2) is 7.21. The number of nitrogens with one attached hydrogen (secondary N) is 1. The predicted molar refractivity (Wildman–Crippen MR) is 93.3 cm³/mol. The van der Waals surface area contributed by atoms with Gasteiger partial charge in [-0.25, -0.2) is 4.39 Å². The molecule has 1 saturated carbocycles. The van der Waals surface area contributed by atoms with E-state index in [1.807, 2.05) is 24.3 Å². The summed E-state index contributed by atoms with van der Waals surface area (Å²) < 4.78 is 18.0. The number of nitrogens with two attached hydrogens (primary N) is 1. The molecule has 0 radical (unpaired) electrons. The zero-order valence-electron chi connectivity index (χ0n) is 14.2. The van der Waals surface area contributed by atoms with E-state index in [4.69, 9.17) is 15.6 Å². The first-order valence-electron chi connectivity index (χ1n) is 8.47. The first kappa shape index (κ1) is 16.8. The molecule has 0 saturated heterocycles. The number of hydrogen-bond donors (Lipinski definition) is 2. The van der Waals surface area contributed by atoms with Crippen LogP contribution in [-0.2, 0) is 0 Å². The fraction of sp³-hybridized carbons (Fsp3) is 0.500. The van der Waals surface area contributed by atoms with E-state index >= 15 is 0 Å². The molecule has 0 amide bonds. The van der Waals surface area contributed by atoms with Crippen LogP contribution in [-0.4, -0.2) is 36.2 Å². The molecule has 0 spiro atoms. The van der Waals surface area contributed by atoms with Crippen molar-refractivity contribution in [1.82, 2.24) is 10.3 Å². The van der Waals surface area contributed by atoms with Crippen LogP contribution in [0.1, 0.15) is 32.3 Å². The fourth-order valence-corrected chi connectivity index (χ4v) is 2.76. The van der Waals surface area contributed by atoms with E-state index in [1.165, 1.54) is 12.8 Å². The molecule has 0 aromatic heterocycles. The molecule has 3 N–H and O–H groups in total. The van der Waals surface area contributed by atoms with Gasteiger partial charge in [0, 0.05) is 23.7 Å². The first-order valence-corrected chi connectivity index (χ1v) is 8.47. The van der Waals surface area contributed by atoms with Crippen LogP contribution in [0.25, 0.3) is 0 Å². The van der Waals surface area contributed by atoms with Crippen molar-refractivity contribution in [3.63, 3.8) is 0 Å². The Hall–Kier alpha value is -2.08. The van der Waals surface area contributed by atoms with Crippen LogP contribution in [0, 0.1) is 5.92 Å². The lowest BCUT2D eigenvalue weighted by molar-refractivity contribution is 0.152. The summed E-state index contributed by atoms with van der Waals surface area (Å²) in [7, 11) is 0. The van der Waals surface area contributed by atoms with Gasteiger partial charge in [0.15, 0.2) is 5.84 Å². The van der Waals surface area contributed by atoms with E-state index in [2.05, 4.69) is 24.2 Å². The monoisotopic (exact) mass is 332 g/mol. The molecule has 1 unspecified atom stereocenters. The summed E-state index contributed by atoms with van der Waals surface area (Å²) >= 11 is 0. The quantitative estimate of drug-likeness (QED) is 0.806. The molecule has 1 aliphatic carbocycles. The number of rotatable bonds is 7. The molecule has 0 bridgehead atoms. The van der Waals surface area contributed by atoms with Crippen molar-refractivity contribution >= 4 is 5.84 Å². The lowest BCUT2D eigenvalue weighted by atomic mass is 10.2. The van der Waals surface area contributed by atoms with E-state index in [0.29, 0.717) is 35.8 Å². The van der Waals surface area contributed by atoms with Gasteiger partial charge in [0.25, 0.3) is 0 Å². The lowest BCUT2D eigenvalue weighted by Gasteiger charge is -2.26. The highest BCUT2D eigenvalue weighted by Gasteiger charge is 2.40. The maximum atomic E-state index is 12.5. The molecule has 1 aliphatic heterocycles. The van der Waals surface area contributed by atoms with Crippen molar-refractivity contribution in [2.24, 2.45) is 16.8 Å². The van der Waals surface area contributed by atoms with Crippen molar-refractivity contribution in [3.8, 4) is 5.75 Å². The van der Waals surface area contributed by atoms with Gasteiger partial charge in [-0.3, -0.25) is 5.01 Å². The molecule has 24 heavy (non-hydrogen) atoms. The molecule has 1 atom stereocenters. The highest BCUT2D eigenvalue weighted by molar-refractivity contribution is 5.99. The van der Waals surface area contributed by atoms with Crippen LogP contribution >= 0.6 is 0 Å². The number of hydrogen-bond acceptors (Lipinski definition) is 5. The Balaban J connectivity index is 1.66. The number of halogens is 1. The van der Waals surface area contributed by atoms with Gasteiger partial charge in [-0.1, -0.05) is 0 Å². The summed E-state index contributed by atoms with van der Waals surface area (Å²) in [4.78, 5) is 0. The molecular weight excluding hydrogens is 307 g/mol. The molecular formula is C18H25FN4O. The largest absolute Gasteiger partial charge is 0.489 e. The van der Waals surface area contributed by atoms with E-state index in [0.717, 1.165) is 11.4 Å². The first-order chi connectivity index (χ1) is 11.6. The van der Waals surface area contributed by atoms with Gasteiger partial charge in [-0.15, -0.1) is 0 Å². The Morgan fingerprint density at radius 2 is 2.12 bits per heavy atom. The second-order valence-corrected chi connectivity index (χ2v) is 6.63.